The highest BCUT2D eigenvalue weighted by Crippen LogP contribution is 2.34. The molecule has 0 saturated heterocycles. The highest BCUT2D eigenvalue weighted by atomic mass is 19.3. The molecular formula is C9H14F2O2. The normalized spacial score (nSPS) is 28.9. The van der Waals surface area contributed by atoms with Crippen LogP contribution in [-0.4, -0.2) is 19.5 Å². The molecule has 0 radical (unpaired) electrons. The molecule has 76 valence electrons. The number of ether oxygens (including phenoxy) is 1. The zero-order chi connectivity index (χ0) is 9.84. The van der Waals surface area contributed by atoms with Gasteiger partial charge in [0.25, 0.3) is 0 Å². The van der Waals surface area contributed by atoms with Crippen molar-refractivity contribution in [3.63, 3.8) is 0 Å². The Balaban J connectivity index is 2.61. The fourth-order valence-corrected chi connectivity index (χ4v) is 1.91. The van der Waals surface area contributed by atoms with Crippen molar-refractivity contribution < 1.29 is 18.3 Å². The van der Waals surface area contributed by atoms with E-state index in [-0.39, 0.29) is 0 Å². The van der Waals surface area contributed by atoms with Gasteiger partial charge in [-0.15, -0.1) is 0 Å². The minimum atomic E-state index is -2.40. The number of esters is 1. The van der Waals surface area contributed by atoms with Crippen LogP contribution in [0, 0.1) is 11.8 Å². The Morgan fingerprint density at radius 2 is 2.00 bits per heavy atom. The van der Waals surface area contributed by atoms with E-state index in [0.29, 0.717) is 12.8 Å². The molecule has 0 aromatic carbocycles. The van der Waals surface area contributed by atoms with E-state index >= 15 is 0 Å². The number of carbonyl (C=O) groups excluding carboxylic acids is 1. The van der Waals surface area contributed by atoms with Crippen LogP contribution in [0.4, 0.5) is 8.78 Å². The molecule has 0 N–H and O–H groups in total. The average Bonchev–Trinajstić information content (AvgIpc) is 2.16. The van der Waals surface area contributed by atoms with Crippen LogP contribution < -0.4 is 0 Å². The predicted octanol–water partition coefficient (Wildman–Crippen LogP) is 2.23. The molecule has 0 heterocycles. The fourth-order valence-electron chi connectivity index (χ4n) is 1.91. The van der Waals surface area contributed by atoms with Crippen molar-refractivity contribution in [2.75, 3.05) is 7.11 Å². The molecule has 1 aliphatic carbocycles. The molecule has 0 aromatic heterocycles. The summed E-state index contributed by atoms with van der Waals surface area (Å²) in [5.74, 6) is -1.86. The van der Waals surface area contributed by atoms with Crippen LogP contribution in [0.2, 0.25) is 0 Å². The minimum Gasteiger partial charge on any atom is -0.469 e. The van der Waals surface area contributed by atoms with Crippen LogP contribution >= 0.6 is 0 Å². The van der Waals surface area contributed by atoms with E-state index in [2.05, 4.69) is 4.74 Å². The smallest absolute Gasteiger partial charge is 0.309 e. The van der Waals surface area contributed by atoms with Crippen molar-refractivity contribution in [2.24, 2.45) is 11.8 Å². The molecule has 1 rings (SSSR count). The maximum absolute atomic E-state index is 12.5. The van der Waals surface area contributed by atoms with Crippen molar-refractivity contribution in [1.82, 2.24) is 0 Å². The molecule has 4 heteroatoms. The molecule has 13 heavy (non-hydrogen) atoms. The molecular weight excluding hydrogens is 178 g/mol. The third kappa shape index (κ3) is 2.39. The molecule has 2 unspecified atom stereocenters. The average molecular weight is 192 g/mol. The van der Waals surface area contributed by atoms with Crippen LogP contribution in [0.15, 0.2) is 0 Å². The lowest BCUT2D eigenvalue weighted by atomic mass is 9.79. The van der Waals surface area contributed by atoms with E-state index in [1.165, 1.54) is 7.11 Å². The molecule has 1 aliphatic rings. The molecule has 0 aliphatic heterocycles. The van der Waals surface area contributed by atoms with Gasteiger partial charge in [-0.25, -0.2) is 8.78 Å². The second-order valence-corrected chi connectivity index (χ2v) is 3.41. The number of methoxy groups -OCH3 is 1. The van der Waals surface area contributed by atoms with Gasteiger partial charge in [-0.3, -0.25) is 4.79 Å². The summed E-state index contributed by atoms with van der Waals surface area (Å²) in [4.78, 5) is 11.1. The number of alkyl halides is 2. The molecule has 0 aromatic rings. The molecule has 0 spiro atoms. The lowest BCUT2D eigenvalue weighted by Crippen LogP contribution is -2.32. The SMILES string of the molecule is COC(=O)C1CCCCC1C(F)F. The van der Waals surface area contributed by atoms with Crippen molar-refractivity contribution in [3.05, 3.63) is 0 Å². The van der Waals surface area contributed by atoms with Gasteiger partial charge in [0.15, 0.2) is 0 Å². The summed E-state index contributed by atoms with van der Waals surface area (Å²) in [7, 11) is 1.25. The van der Waals surface area contributed by atoms with Crippen molar-refractivity contribution >= 4 is 5.97 Å². The van der Waals surface area contributed by atoms with Crippen LogP contribution in [0.3, 0.4) is 0 Å². The van der Waals surface area contributed by atoms with Crippen molar-refractivity contribution in [1.29, 1.82) is 0 Å². The zero-order valence-corrected chi connectivity index (χ0v) is 7.63. The van der Waals surface area contributed by atoms with Gasteiger partial charge in [0.05, 0.1) is 13.0 Å². The van der Waals surface area contributed by atoms with Gasteiger partial charge in [-0.2, -0.15) is 0 Å². The first-order chi connectivity index (χ1) is 6.16. The molecule has 0 amide bonds. The number of hydrogen-bond donors (Lipinski definition) is 0. The number of hydrogen-bond acceptors (Lipinski definition) is 2. The first-order valence-corrected chi connectivity index (χ1v) is 4.52. The Morgan fingerprint density at radius 3 is 2.54 bits per heavy atom. The summed E-state index contributed by atoms with van der Waals surface area (Å²) < 4.78 is 29.4. The summed E-state index contributed by atoms with van der Waals surface area (Å²) in [6.45, 7) is 0. The Morgan fingerprint density at radius 1 is 1.38 bits per heavy atom. The molecule has 2 atom stereocenters. The largest absolute Gasteiger partial charge is 0.469 e. The molecule has 0 bridgehead atoms. The number of carbonyl (C=O) groups is 1. The first-order valence-electron chi connectivity index (χ1n) is 4.52. The summed E-state index contributed by atoms with van der Waals surface area (Å²) in [5, 5.41) is 0. The van der Waals surface area contributed by atoms with E-state index in [1.807, 2.05) is 0 Å². The molecule has 1 fully saturated rings. The van der Waals surface area contributed by atoms with E-state index in [0.717, 1.165) is 12.8 Å². The predicted molar refractivity (Wildman–Crippen MR) is 43.5 cm³/mol. The summed E-state index contributed by atoms with van der Waals surface area (Å²) in [6.07, 6.45) is 0.231. The summed E-state index contributed by atoms with van der Waals surface area (Å²) >= 11 is 0. The Labute approximate surface area is 76.3 Å². The van der Waals surface area contributed by atoms with Gasteiger partial charge in [0, 0.05) is 5.92 Å². The maximum Gasteiger partial charge on any atom is 0.309 e. The lowest BCUT2D eigenvalue weighted by Gasteiger charge is -2.28. The monoisotopic (exact) mass is 192 g/mol. The van der Waals surface area contributed by atoms with Crippen molar-refractivity contribution in [2.45, 2.75) is 32.1 Å². The summed E-state index contributed by atoms with van der Waals surface area (Å²) in [6, 6.07) is 0. The van der Waals surface area contributed by atoms with E-state index in [4.69, 9.17) is 0 Å². The topological polar surface area (TPSA) is 26.3 Å². The number of rotatable bonds is 2. The Bertz CT molecular complexity index is 182. The Kier molecular flexibility index (Phi) is 3.63. The highest BCUT2D eigenvalue weighted by molar-refractivity contribution is 5.72. The third-order valence-electron chi connectivity index (χ3n) is 2.65. The van der Waals surface area contributed by atoms with Gasteiger partial charge in [-0.1, -0.05) is 12.8 Å². The van der Waals surface area contributed by atoms with Crippen LogP contribution in [0.25, 0.3) is 0 Å². The number of halogens is 2. The highest BCUT2D eigenvalue weighted by Gasteiger charge is 2.37. The van der Waals surface area contributed by atoms with Gasteiger partial charge >= 0.3 is 5.97 Å². The molecule has 1 saturated carbocycles. The summed E-state index contributed by atoms with van der Waals surface area (Å²) in [5.41, 5.74) is 0. The van der Waals surface area contributed by atoms with Crippen LogP contribution in [0.1, 0.15) is 25.7 Å². The van der Waals surface area contributed by atoms with E-state index < -0.39 is 24.2 Å². The zero-order valence-electron chi connectivity index (χ0n) is 7.63. The van der Waals surface area contributed by atoms with Crippen LogP contribution in [0.5, 0.6) is 0 Å². The standard InChI is InChI=1S/C9H14F2O2/c1-13-9(12)7-5-3-2-4-6(7)8(10)11/h6-8H,2-5H2,1H3. The minimum absolute atomic E-state index is 0.442. The Hall–Kier alpha value is -0.670. The van der Waals surface area contributed by atoms with Gasteiger partial charge < -0.3 is 4.74 Å². The van der Waals surface area contributed by atoms with Crippen molar-refractivity contribution in [3.8, 4) is 0 Å². The van der Waals surface area contributed by atoms with E-state index in [9.17, 15) is 13.6 Å². The first kappa shape index (κ1) is 10.4. The maximum atomic E-state index is 12.5. The lowest BCUT2D eigenvalue weighted by molar-refractivity contribution is -0.151. The van der Waals surface area contributed by atoms with E-state index in [1.54, 1.807) is 0 Å². The van der Waals surface area contributed by atoms with Crippen LogP contribution in [-0.2, 0) is 9.53 Å². The van der Waals surface area contributed by atoms with Gasteiger partial charge in [-0.05, 0) is 12.8 Å². The quantitative estimate of drug-likeness (QED) is 0.627. The fraction of sp³-hybridized carbons (Fsp3) is 0.889. The second-order valence-electron chi connectivity index (χ2n) is 3.41. The molecule has 2 nitrogen and oxygen atoms in total. The second kappa shape index (κ2) is 4.53. The third-order valence-corrected chi connectivity index (χ3v) is 2.65. The van der Waals surface area contributed by atoms with Gasteiger partial charge in [0.2, 0.25) is 6.43 Å². The van der Waals surface area contributed by atoms with Gasteiger partial charge in [0.1, 0.15) is 0 Å².